The molecule has 2 heteroatoms. The van der Waals surface area contributed by atoms with Crippen LogP contribution >= 0.6 is 12.6 Å². The predicted octanol–water partition coefficient (Wildman–Crippen LogP) is 2.04. The second-order valence-electron chi connectivity index (χ2n) is 3.47. The van der Waals surface area contributed by atoms with Gasteiger partial charge in [-0.15, -0.1) is 0 Å². The molecule has 1 fully saturated rings. The van der Waals surface area contributed by atoms with Crippen LogP contribution in [-0.4, -0.2) is 30.3 Å². The molecule has 1 aliphatic rings. The summed E-state index contributed by atoms with van der Waals surface area (Å²) < 4.78 is 0. The predicted molar refractivity (Wildman–Crippen MR) is 53.3 cm³/mol. The van der Waals surface area contributed by atoms with Crippen molar-refractivity contribution in [3.8, 4) is 0 Å². The summed E-state index contributed by atoms with van der Waals surface area (Å²) in [5.41, 5.74) is 0. The molecule has 0 aromatic rings. The lowest BCUT2D eigenvalue weighted by atomic mass is 10.3. The third kappa shape index (κ3) is 4.02. The van der Waals surface area contributed by atoms with Crippen LogP contribution in [-0.2, 0) is 0 Å². The zero-order chi connectivity index (χ0) is 8.10. The largest absolute Gasteiger partial charge is 0.302 e. The van der Waals surface area contributed by atoms with Gasteiger partial charge in [0, 0.05) is 18.8 Å². The first-order valence-corrected chi connectivity index (χ1v) is 5.33. The zero-order valence-corrected chi connectivity index (χ0v) is 8.32. The van der Waals surface area contributed by atoms with E-state index in [2.05, 4.69) is 24.5 Å². The van der Waals surface area contributed by atoms with Crippen molar-refractivity contribution in [3.05, 3.63) is 0 Å². The Bertz CT molecular complexity index is 95.7. The van der Waals surface area contributed by atoms with E-state index < -0.39 is 0 Å². The van der Waals surface area contributed by atoms with Crippen LogP contribution in [0.1, 0.15) is 26.2 Å². The van der Waals surface area contributed by atoms with Crippen molar-refractivity contribution in [1.82, 2.24) is 4.90 Å². The van der Waals surface area contributed by atoms with Crippen molar-refractivity contribution in [1.29, 1.82) is 0 Å². The summed E-state index contributed by atoms with van der Waals surface area (Å²) >= 11 is 4.25. The molecular formula is C9H19NS. The van der Waals surface area contributed by atoms with E-state index in [0.717, 1.165) is 11.7 Å². The number of hydrogen-bond donors (Lipinski definition) is 1. The molecule has 0 atom stereocenters. The average molecular weight is 173 g/mol. The van der Waals surface area contributed by atoms with Gasteiger partial charge >= 0.3 is 0 Å². The van der Waals surface area contributed by atoms with E-state index in [1.807, 2.05) is 0 Å². The van der Waals surface area contributed by atoms with Gasteiger partial charge in [0.05, 0.1) is 0 Å². The van der Waals surface area contributed by atoms with Crippen molar-refractivity contribution in [3.63, 3.8) is 0 Å². The van der Waals surface area contributed by atoms with Crippen molar-refractivity contribution in [2.45, 2.75) is 26.2 Å². The Labute approximate surface area is 75.6 Å². The second kappa shape index (κ2) is 5.04. The number of rotatable bonds is 6. The Kier molecular flexibility index (Phi) is 4.31. The molecule has 0 aromatic heterocycles. The normalized spacial score (nSPS) is 17.7. The molecule has 0 bridgehead atoms. The lowest BCUT2D eigenvalue weighted by Crippen LogP contribution is -2.28. The van der Waals surface area contributed by atoms with Gasteiger partial charge in [0.2, 0.25) is 0 Å². The first kappa shape index (κ1) is 9.40. The maximum atomic E-state index is 4.25. The number of hydrogen-bond acceptors (Lipinski definition) is 2. The molecule has 1 rings (SSSR count). The highest BCUT2D eigenvalue weighted by atomic mass is 32.1. The minimum atomic E-state index is 1.01. The Morgan fingerprint density at radius 2 is 2.09 bits per heavy atom. The zero-order valence-electron chi connectivity index (χ0n) is 7.42. The van der Waals surface area contributed by atoms with E-state index in [1.165, 1.54) is 38.9 Å². The Hall–Kier alpha value is 0.310. The average Bonchev–Trinajstić information content (AvgIpc) is 2.73. The van der Waals surface area contributed by atoms with Crippen LogP contribution in [0, 0.1) is 5.92 Å². The molecular weight excluding hydrogens is 154 g/mol. The smallest absolute Gasteiger partial charge is 0.00699 e. The van der Waals surface area contributed by atoms with Gasteiger partial charge in [0.1, 0.15) is 0 Å². The third-order valence-electron chi connectivity index (χ3n) is 2.17. The highest BCUT2D eigenvalue weighted by Crippen LogP contribution is 2.29. The molecule has 0 heterocycles. The molecule has 1 nitrogen and oxygen atoms in total. The minimum Gasteiger partial charge on any atom is -0.302 e. The topological polar surface area (TPSA) is 3.24 Å². The standard InChI is InChI=1S/C9H19NS/c1-2-5-10(6-7-11)8-9-3-4-9/h9,11H,2-8H2,1H3. The summed E-state index contributed by atoms with van der Waals surface area (Å²) in [6.07, 6.45) is 4.21. The highest BCUT2D eigenvalue weighted by Gasteiger charge is 2.23. The van der Waals surface area contributed by atoms with Gasteiger partial charge < -0.3 is 4.90 Å². The van der Waals surface area contributed by atoms with E-state index in [0.29, 0.717) is 0 Å². The summed E-state index contributed by atoms with van der Waals surface area (Å²) in [5, 5.41) is 0. The minimum absolute atomic E-state index is 1.01. The fraction of sp³-hybridized carbons (Fsp3) is 1.00. The summed E-state index contributed by atoms with van der Waals surface area (Å²) in [6.45, 7) is 6.01. The van der Waals surface area contributed by atoms with Gasteiger partial charge in [0.15, 0.2) is 0 Å². The highest BCUT2D eigenvalue weighted by molar-refractivity contribution is 7.80. The van der Waals surface area contributed by atoms with Crippen molar-refractivity contribution < 1.29 is 0 Å². The molecule has 0 unspecified atom stereocenters. The van der Waals surface area contributed by atoms with Crippen LogP contribution in [0.25, 0.3) is 0 Å². The number of nitrogens with zero attached hydrogens (tertiary/aromatic N) is 1. The van der Waals surface area contributed by atoms with E-state index in [9.17, 15) is 0 Å². The van der Waals surface area contributed by atoms with E-state index >= 15 is 0 Å². The maximum Gasteiger partial charge on any atom is 0.00699 e. The van der Waals surface area contributed by atoms with Gasteiger partial charge in [0.25, 0.3) is 0 Å². The van der Waals surface area contributed by atoms with Crippen molar-refractivity contribution in [2.75, 3.05) is 25.4 Å². The van der Waals surface area contributed by atoms with Crippen LogP contribution in [0.5, 0.6) is 0 Å². The van der Waals surface area contributed by atoms with E-state index in [1.54, 1.807) is 0 Å². The summed E-state index contributed by atoms with van der Waals surface area (Å²) in [6, 6.07) is 0. The van der Waals surface area contributed by atoms with Gasteiger partial charge in [-0.25, -0.2) is 0 Å². The molecule has 0 amide bonds. The van der Waals surface area contributed by atoms with Gasteiger partial charge in [-0.2, -0.15) is 12.6 Å². The van der Waals surface area contributed by atoms with Crippen molar-refractivity contribution in [2.24, 2.45) is 5.92 Å². The van der Waals surface area contributed by atoms with Gasteiger partial charge in [-0.1, -0.05) is 6.92 Å². The monoisotopic (exact) mass is 173 g/mol. The third-order valence-corrected chi connectivity index (χ3v) is 2.37. The molecule has 0 saturated heterocycles. The molecule has 1 saturated carbocycles. The SMILES string of the molecule is CCCN(CCS)CC1CC1. The summed E-state index contributed by atoms with van der Waals surface area (Å²) in [7, 11) is 0. The molecule has 0 radical (unpaired) electrons. The van der Waals surface area contributed by atoms with Crippen LogP contribution in [0.2, 0.25) is 0 Å². The molecule has 11 heavy (non-hydrogen) atoms. The fourth-order valence-corrected chi connectivity index (χ4v) is 1.70. The van der Waals surface area contributed by atoms with Crippen LogP contribution in [0.15, 0.2) is 0 Å². The molecule has 0 N–H and O–H groups in total. The Morgan fingerprint density at radius 1 is 1.36 bits per heavy atom. The quantitative estimate of drug-likeness (QED) is 0.602. The number of thiol groups is 1. The summed E-state index contributed by atoms with van der Waals surface area (Å²) in [4.78, 5) is 2.55. The van der Waals surface area contributed by atoms with Gasteiger partial charge in [-0.3, -0.25) is 0 Å². The van der Waals surface area contributed by atoms with Crippen LogP contribution < -0.4 is 0 Å². The second-order valence-corrected chi connectivity index (χ2v) is 3.91. The van der Waals surface area contributed by atoms with Crippen LogP contribution in [0.3, 0.4) is 0 Å². The lowest BCUT2D eigenvalue weighted by Gasteiger charge is -2.19. The lowest BCUT2D eigenvalue weighted by molar-refractivity contribution is 0.280. The van der Waals surface area contributed by atoms with E-state index in [4.69, 9.17) is 0 Å². The van der Waals surface area contributed by atoms with Crippen molar-refractivity contribution >= 4 is 12.6 Å². The van der Waals surface area contributed by atoms with E-state index in [-0.39, 0.29) is 0 Å². The Balaban J connectivity index is 2.08. The van der Waals surface area contributed by atoms with Gasteiger partial charge in [-0.05, 0) is 31.7 Å². The molecule has 66 valence electrons. The summed E-state index contributed by atoms with van der Waals surface area (Å²) in [5.74, 6) is 2.04. The molecule has 0 spiro atoms. The maximum absolute atomic E-state index is 4.25. The fourth-order valence-electron chi connectivity index (χ4n) is 1.42. The first-order valence-electron chi connectivity index (χ1n) is 4.70. The van der Waals surface area contributed by atoms with Crippen LogP contribution in [0.4, 0.5) is 0 Å². The molecule has 0 aliphatic heterocycles. The Morgan fingerprint density at radius 3 is 2.55 bits per heavy atom. The first-order chi connectivity index (χ1) is 5.36. The molecule has 1 aliphatic carbocycles. The molecule has 0 aromatic carbocycles.